The molecule has 1 fully saturated rings. The van der Waals surface area contributed by atoms with E-state index in [1.807, 2.05) is 36.5 Å². The van der Waals surface area contributed by atoms with Crippen LogP contribution in [0.5, 0.6) is 11.5 Å². The molecule has 8 heteroatoms. The molecule has 0 aliphatic carbocycles. The first kappa shape index (κ1) is 20.7. The zero-order valence-corrected chi connectivity index (χ0v) is 17.5. The molecule has 3 aromatic rings. The number of methoxy groups -OCH3 is 2. The molecule has 1 saturated heterocycles. The minimum atomic E-state index is -0.283. The van der Waals surface area contributed by atoms with Crippen LogP contribution in [-0.4, -0.2) is 59.7 Å². The van der Waals surface area contributed by atoms with Crippen molar-refractivity contribution in [2.24, 2.45) is 0 Å². The number of rotatable bonds is 6. The number of nitrogens with zero attached hydrogens (tertiary/aromatic N) is 4. The van der Waals surface area contributed by atoms with Crippen molar-refractivity contribution in [1.29, 1.82) is 0 Å². The molecule has 0 N–H and O–H groups in total. The summed E-state index contributed by atoms with van der Waals surface area (Å²) in [6, 6.07) is 9.71. The molecule has 1 aliphatic heterocycles. The molecule has 31 heavy (non-hydrogen) atoms. The molecule has 2 aromatic heterocycles. The third-order valence-electron chi connectivity index (χ3n) is 5.20. The number of morpholine rings is 1. The first-order chi connectivity index (χ1) is 15.2. The molecular formula is C23H24N4O4. The van der Waals surface area contributed by atoms with Gasteiger partial charge in [0.2, 0.25) is 0 Å². The third-order valence-corrected chi connectivity index (χ3v) is 5.20. The SMILES string of the molecule is COc1ccc(OC)c(Cc2ccc([C@@H]3CN(C(=O)c4cnccn4)CCO3)nc2)c1. The lowest BCUT2D eigenvalue weighted by molar-refractivity contribution is -0.0249. The Morgan fingerprint density at radius 3 is 2.74 bits per heavy atom. The Kier molecular flexibility index (Phi) is 6.37. The van der Waals surface area contributed by atoms with Crippen LogP contribution < -0.4 is 9.47 Å². The van der Waals surface area contributed by atoms with Crippen molar-refractivity contribution in [3.8, 4) is 11.5 Å². The number of carbonyl (C=O) groups is 1. The highest BCUT2D eigenvalue weighted by atomic mass is 16.5. The van der Waals surface area contributed by atoms with Crippen LogP contribution in [0.25, 0.3) is 0 Å². The van der Waals surface area contributed by atoms with Crippen LogP contribution in [-0.2, 0) is 11.2 Å². The largest absolute Gasteiger partial charge is 0.497 e. The average molecular weight is 420 g/mol. The number of carbonyl (C=O) groups excluding carboxylic acids is 1. The van der Waals surface area contributed by atoms with Gasteiger partial charge in [0.25, 0.3) is 5.91 Å². The standard InChI is InChI=1S/C23H24N4O4/c1-29-18-4-6-21(30-2)17(12-18)11-16-3-5-19(26-13-16)22-15-27(9-10-31-22)23(28)20-14-24-7-8-25-20/h3-8,12-14,22H,9-11,15H2,1-2H3/t22-/m0/s1. The number of hydrogen-bond acceptors (Lipinski definition) is 7. The summed E-state index contributed by atoms with van der Waals surface area (Å²) in [7, 11) is 3.30. The van der Waals surface area contributed by atoms with Gasteiger partial charge in [0.15, 0.2) is 0 Å². The first-order valence-corrected chi connectivity index (χ1v) is 10.0. The van der Waals surface area contributed by atoms with E-state index in [1.54, 1.807) is 25.3 Å². The maximum Gasteiger partial charge on any atom is 0.274 e. The van der Waals surface area contributed by atoms with E-state index in [1.165, 1.54) is 12.4 Å². The quantitative estimate of drug-likeness (QED) is 0.606. The zero-order chi connectivity index (χ0) is 21.6. The van der Waals surface area contributed by atoms with E-state index in [0.29, 0.717) is 31.8 Å². The van der Waals surface area contributed by atoms with Gasteiger partial charge in [-0.1, -0.05) is 6.07 Å². The third kappa shape index (κ3) is 4.80. The van der Waals surface area contributed by atoms with Crippen molar-refractivity contribution in [3.05, 3.63) is 77.6 Å². The van der Waals surface area contributed by atoms with Crippen molar-refractivity contribution >= 4 is 5.91 Å². The molecule has 0 spiro atoms. The van der Waals surface area contributed by atoms with Crippen molar-refractivity contribution in [2.45, 2.75) is 12.5 Å². The van der Waals surface area contributed by atoms with Crippen LogP contribution in [0.1, 0.15) is 33.4 Å². The molecule has 1 amide bonds. The highest BCUT2D eigenvalue weighted by Crippen LogP contribution is 2.27. The molecule has 0 radical (unpaired) electrons. The molecule has 0 bridgehead atoms. The van der Waals surface area contributed by atoms with Crippen LogP contribution in [0.3, 0.4) is 0 Å². The normalized spacial score (nSPS) is 16.1. The number of pyridine rings is 1. The molecule has 3 heterocycles. The van der Waals surface area contributed by atoms with Gasteiger partial charge in [-0.25, -0.2) is 4.98 Å². The van der Waals surface area contributed by atoms with Gasteiger partial charge in [-0.3, -0.25) is 14.8 Å². The van der Waals surface area contributed by atoms with Gasteiger partial charge < -0.3 is 19.1 Å². The van der Waals surface area contributed by atoms with Crippen molar-refractivity contribution in [1.82, 2.24) is 19.9 Å². The Bertz CT molecular complexity index is 1030. The summed E-state index contributed by atoms with van der Waals surface area (Å²) in [6.45, 7) is 1.38. The van der Waals surface area contributed by atoms with Gasteiger partial charge in [0.05, 0.1) is 39.3 Å². The Hall–Kier alpha value is -3.52. The van der Waals surface area contributed by atoms with E-state index in [9.17, 15) is 4.79 Å². The molecule has 160 valence electrons. The lowest BCUT2D eigenvalue weighted by Crippen LogP contribution is -2.42. The zero-order valence-electron chi connectivity index (χ0n) is 17.5. The molecule has 1 aliphatic rings. The molecular weight excluding hydrogens is 396 g/mol. The molecule has 0 saturated carbocycles. The Morgan fingerprint density at radius 2 is 2.03 bits per heavy atom. The van der Waals surface area contributed by atoms with E-state index in [-0.39, 0.29) is 12.0 Å². The molecule has 4 rings (SSSR count). The fraction of sp³-hybridized carbons (Fsp3) is 0.304. The van der Waals surface area contributed by atoms with Gasteiger partial charge >= 0.3 is 0 Å². The minimum absolute atomic E-state index is 0.150. The van der Waals surface area contributed by atoms with Gasteiger partial charge in [-0.15, -0.1) is 0 Å². The van der Waals surface area contributed by atoms with Crippen LogP contribution in [0.2, 0.25) is 0 Å². The smallest absolute Gasteiger partial charge is 0.274 e. The summed E-state index contributed by atoms with van der Waals surface area (Å²) in [6.07, 6.45) is 6.76. The second-order valence-electron chi connectivity index (χ2n) is 7.15. The number of benzene rings is 1. The average Bonchev–Trinajstić information content (AvgIpc) is 2.84. The number of amides is 1. The van der Waals surface area contributed by atoms with E-state index in [2.05, 4.69) is 15.0 Å². The van der Waals surface area contributed by atoms with E-state index in [4.69, 9.17) is 14.2 Å². The number of aromatic nitrogens is 3. The van der Waals surface area contributed by atoms with E-state index >= 15 is 0 Å². The maximum atomic E-state index is 12.7. The summed E-state index contributed by atoms with van der Waals surface area (Å²) in [5.41, 5.74) is 3.18. The highest BCUT2D eigenvalue weighted by Gasteiger charge is 2.27. The first-order valence-electron chi connectivity index (χ1n) is 10.0. The lowest BCUT2D eigenvalue weighted by Gasteiger charge is -2.32. The van der Waals surface area contributed by atoms with Gasteiger partial charge in [-0.05, 0) is 29.8 Å². The Morgan fingerprint density at radius 1 is 1.13 bits per heavy atom. The topological polar surface area (TPSA) is 86.7 Å². The Labute approximate surface area is 180 Å². The van der Waals surface area contributed by atoms with E-state index < -0.39 is 0 Å². The van der Waals surface area contributed by atoms with E-state index in [0.717, 1.165) is 28.3 Å². The summed E-state index contributed by atoms with van der Waals surface area (Å²) in [4.78, 5) is 27.1. The fourth-order valence-electron chi connectivity index (χ4n) is 3.56. The van der Waals surface area contributed by atoms with Crippen LogP contribution in [0.4, 0.5) is 0 Å². The van der Waals surface area contributed by atoms with Crippen molar-refractivity contribution in [2.75, 3.05) is 33.9 Å². The Balaban J connectivity index is 1.45. The van der Waals surface area contributed by atoms with Crippen molar-refractivity contribution < 1.29 is 19.0 Å². The summed E-state index contributed by atoms with van der Waals surface area (Å²) >= 11 is 0. The summed E-state index contributed by atoms with van der Waals surface area (Å²) in [5, 5.41) is 0. The summed E-state index contributed by atoms with van der Waals surface area (Å²) in [5.74, 6) is 1.44. The number of ether oxygens (including phenoxy) is 3. The van der Waals surface area contributed by atoms with Crippen molar-refractivity contribution in [3.63, 3.8) is 0 Å². The molecule has 8 nitrogen and oxygen atoms in total. The molecule has 1 aromatic carbocycles. The second-order valence-corrected chi connectivity index (χ2v) is 7.15. The predicted molar refractivity (Wildman–Crippen MR) is 113 cm³/mol. The second kappa shape index (κ2) is 9.53. The minimum Gasteiger partial charge on any atom is -0.497 e. The highest BCUT2D eigenvalue weighted by molar-refractivity contribution is 5.92. The van der Waals surface area contributed by atoms with Gasteiger partial charge in [0, 0.05) is 37.1 Å². The molecule has 0 unspecified atom stereocenters. The molecule has 1 atom stereocenters. The monoisotopic (exact) mass is 420 g/mol. The van der Waals surface area contributed by atoms with Gasteiger partial charge in [0.1, 0.15) is 23.3 Å². The van der Waals surface area contributed by atoms with Crippen LogP contribution >= 0.6 is 0 Å². The van der Waals surface area contributed by atoms with Crippen LogP contribution in [0.15, 0.2) is 55.1 Å². The maximum absolute atomic E-state index is 12.7. The number of hydrogen-bond donors (Lipinski definition) is 0. The summed E-state index contributed by atoms with van der Waals surface area (Å²) < 4.78 is 16.7. The van der Waals surface area contributed by atoms with Crippen LogP contribution in [0, 0.1) is 0 Å². The predicted octanol–water partition coefficient (Wildman–Crippen LogP) is 2.69. The fourth-order valence-corrected chi connectivity index (χ4v) is 3.56. The lowest BCUT2D eigenvalue weighted by atomic mass is 10.0. The van der Waals surface area contributed by atoms with Gasteiger partial charge in [-0.2, -0.15) is 0 Å².